The summed E-state index contributed by atoms with van der Waals surface area (Å²) in [6.45, 7) is 9.29. The fraction of sp³-hybridized carbons (Fsp3) is 0.600. The smallest absolute Gasteiger partial charge is 0.266 e. The maximum atomic E-state index is 12.0. The van der Waals surface area contributed by atoms with Gasteiger partial charge in [-0.05, 0) is 19.1 Å². The number of hydrogen-bond donors (Lipinski definition) is 3. The minimum atomic E-state index is -0.384. The lowest BCUT2D eigenvalue weighted by atomic mass is 10.2. The zero-order valence-electron chi connectivity index (χ0n) is 12.5. The van der Waals surface area contributed by atoms with Crippen LogP contribution in [0.1, 0.15) is 13.3 Å². The number of pyridine rings is 1. The summed E-state index contributed by atoms with van der Waals surface area (Å²) in [5.41, 5.74) is 0. The van der Waals surface area contributed by atoms with Crippen molar-refractivity contribution >= 4 is 11.7 Å². The minimum absolute atomic E-state index is 0.0709. The average molecular weight is 292 g/mol. The summed E-state index contributed by atoms with van der Waals surface area (Å²) in [6, 6.07) is 3.68. The molecular weight excluding hydrogens is 268 g/mol. The van der Waals surface area contributed by atoms with E-state index in [1.807, 2.05) is 12.1 Å². The van der Waals surface area contributed by atoms with E-state index in [-0.39, 0.29) is 12.0 Å². The van der Waals surface area contributed by atoms with Crippen LogP contribution in [0.4, 0.5) is 5.82 Å². The van der Waals surface area contributed by atoms with Gasteiger partial charge in [0.25, 0.3) is 5.91 Å². The van der Waals surface area contributed by atoms with Crippen molar-refractivity contribution < 1.29 is 19.3 Å². The molecule has 1 atom stereocenters. The van der Waals surface area contributed by atoms with E-state index in [0.717, 1.165) is 13.0 Å². The molecule has 1 aromatic heterocycles. The molecule has 0 saturated carbocycles. The Hall–Kier alpha value is -1.66. The number of nitrogens with zero attached hydrogens (tertiary/aromatic N) is 1. The summed E-state index contributed by atoms with van der Waals surface area (Å²) in [5, 5.41) is 2.83. The molecule has 21 heavy (non-hydrogen) atoms. The number of fused-ring (bicyclic) bond motifs is 1. The SMILES string of the molecule is CC[NH+]1CC[NH+](CC[C@H]2Oc3cccnc3NC2=O)CC1. The summed E-state index contributed by atoms with van der Waals surface area (Å²) in [7, 11) is 0. The van der Waals surface area contributed by atoms with E-state index in [1.54, 1.807) is 16.0 Å². The Morgan fingerprint density at radius 3 is 2.86 bits per heavy atom. The van der Waals surface area contributed by atoms with Crippen molar-refractivity contribution in [3.63, 3.8) is 0 Å². The van der Waals surface area contributed by atoms with E-state index in [4.69, 9.17) is 4.74 Å². The lowest BCUT2D eigenvalue weighted by Gasteiger charge is -2.30. The third kappa shape index (κ3) is 3.33. The molecule has 3 heterocycles. The molecule has 6 nitrogen and oxygen atoms in total. The highest BCUT2D eigenvalue weighted by Crippen LogP contribution is 2.26. The predicted octanol–water partition coefficient (Wildman–Crippen LogP) is -2.03. The molecule has 0 bridgehead atoms. The highest BCUT2D eigenvalue weighted by Gasteiger charge is 2.30. The van der Waals surface area contributed by atoms with Gasteiger partial charge in [-0.1, -0.05) is 0 Å². The van der Waals surface area contributed by atoms with E-state index in [9.17, 15) is 4.79 Å². The number of hydrogen-bond acceptors (Lipinski definition) is 3. The number of carbonyl (C=O) groups excluding carboxylic acids is 1. The molecule has 114 valence electrons. The first-order valence-electron chi connectivity index (χ1n) is 7.86. The summed E-state index contributed by atoms with van der Waals surface area (Å²) in [5.74, 6) is 1.14. The lowest BCUT2D eigenvalue weighted by molar-refractivity contribution is -1.01. The van der Waals surface area contributed by atoms with Crippen LogP contribution in [0, 0.1) is 0 Å². The summed E-state index contributed by atoms with van der Waals surface area (Å²) >= 11 is 0. The van der Waals surface area contributed by atoms with Crippen LogP contribution in [0.25, 0.3) is 0 Å². The third-order valence-electron chi connectivity index (χ3n) is 4.50. The molecule has 1 saturated heterocycles. The lowest BCUT2D eigenvalue weighted by Crippen LogP contribution is -3.28. The Labute approximate surface area is 125 Å². The highest BCUT2D eigenvalue weighted by atomic mass is 16.5. The number of piperazine rings is 1. The molecule has 6 heteroatoms. The Morgan fingerprint density at radius 2 is 2.10 bits per heavy atom. The van der Waals surface area contributed by atoms with Crippen molar-refractivity contribution in [3.8, 4) is 5.75 Å². The van der Waals surface area contributed by atoms with Crippen molar-refractivity contribution in [2.75, 3.05) is 44.6 Å². The molecular formula is C15H24N4O2+2. The van der Waals surface area contributed by atoms with Gasteiger partial charge >= 0.3 is 0 Å². The molecule has 2 aliphatic heterocycles. The zero-order chi connectivity index (χ0) is 14.7. The van der Waals surface area contributed by atoms with Crippen molar-refractivity contribution in [3.05, 3.63) is 18.3 Å². The third-order valence-corrected chi connectivity index (χ3v) is 4.50. The van der Waals surface area contributed by atoms with Crippen LogP contribution in [0.2, 0.25) is 0 Å². The number of amides is 1. The second-order valence-corrected chi connectivity index (χ2v) is 5.84. The fourth-order valence-electron chi connectivity index (χ4n) is 3.07. The van der Waals surface area contributed by atoms with Gasteiger partial charge in [0.15, 0.2) is 17.7 Å². The van der Waals surface area contributed by atoms with Crippen molar-refractivity contribution in [1.29, 1.82) is 0 Å². The average Bonchev–Trinajstić information content (AvgIpc) is 2.53. The number of nitrogens with one attached hydrogen (secondary N) is 3. The number of carbonyl (C=O) groups is 1. The first-order chi connectivity index (χ1) is 10.3. The van der Waals surface area contributed by atoms with Crippen LogP contribution < -0.4 is 19.9 Å². The van der Waals surface area contributed by atoms with Crippen molar-refractivity contribution in [1.82, 2.24) is 4.98 Å². The van der Waals surface area contributed by atoms with Gasteiger partial charge in [-0.3, -0.25) is 4.79 Å². The maximum Gasteiger partial charge on any atom is 0.266 e. The number of anilines is 1. The minimum Gasteiger partial charge on any atom is -0.476 e. The number of likely N-dealkylation sites (N-methyl/N-ethyl adjacent to an activating group) is 1. The Morgan fingerprint density at radius 1 is 1.33 bits per heavy atom. The molecule has 0 aliphatic carbocycles. The summed E-state index contributed by atoms with van der Waals surface area (Å²) in [6.07, 6.45) is 2.03. The van der Waals surface area contributed by atoms with Crippen LogP contribution in [-0.4, -0.2) is 56.3 Å². The largest absolute Gasteiger partial charge is 0.476 e. The van der Waals surface area contributed by atoms with Gasteiger partial charge in [0.1, 0.15) is 26.2 Å². The zero-order valence-corrected chi connectivity index (χ0v) is 12.5. The molecule has 1 fully saturated rings. The van der Waals surface area contributed by atoms with E-state index >= 15 is 0 Å². The monoisotopic (exact) mass is 292 g/mol. The van der Waals surface area contributed by atoms with Crippen LogP contribution in [0.15, 0.2) is 18.3 Å². The number of rotatable bonds is 4. The van der Waals surface area contributed by atoms with Crippen molar-refractivity contribution in [2.24, 2.45) is 0 Å². The molecule has 0 radical (unpaired) electrons. The van der Waals surface area contributed by atoms with Crippen LogP contribution in [0.3, 0.4) is 0 Å². The summed E-state index contributed by atoms with van der Waals surface area (Å²) < 4.78 is 5.78. The molecule has 1 amide bonds. The van der Waals surface area contributed by atoms with Gasteiger partial charge in [-0.25, -0.2) is 4.98 Å². The Kier molecular flexibility index (Phi) is 4.36. The number of quaternary nitrogens is 2. The number of aromatic nitrogens is 1. The van der Waals surface area contributed by atoms with Gasteiger partial charge in [-0.2, -0.15) is 0 Å². The Bertz CT molecular complexity index is 500. The Balaban J connectivity index is 1.51. The first-order valence-corrected chi connectivity index (χ1v) is 7.86. The van der Waals surface area contributed by atoms with Crippen LogP contribution in [0.5, 0.6) is 5.75 Å². The molecule has 3 rings (SSSR count). The topological polar surface area (TPSA) is 60.1 Å². The quantitative estimate of drug-likeness (QED) is 0.600. The van der Waals surface area contributed by atoms with E-state index < -0.39 is 0 Å². The van der Waals surface area contributed by atoms with Crippen LogP contribution in [-0.2, 0) is 4.79 Å². The van der Waals surface area contributed by atoms with E-state index in [0.29, 0.717) is 11.6 Å². The van der Waals surface area contributed by atoms with Crippen molar-refractivity contribution in [2.45, 2.75) is 19.4 Å². The van der Waals surface area contributed by atoms with Gasteiger partial charge in [0.05, 0.1) is 13.1 Å². The van der Waals surface area contributed by atoms with Crippen LogP contribution >= 0.6 is 0 Å². The molecule has 0 spiro atoms. The number of ether oxygens (including phenoxy) is 1. The fourth-order valence-corrected chi connectivity index (χ4v) is 3.07. The second-order valence-electron chi connectivity index (χ2n) is 5.84. The van der Waals surface area contributed by atoms with E-state index in [2.05, 4.69) is 17.2 Å². The van der Waals surface area contributed by atoms with Gasteiger partial charge in [-0.15, -0.1) is 0 Å². The predicted molar refractivity (Wildman–Crippen MR) is 78.7 cm³/mol. The standard InChI is InChI=1S/C15H22N4O2/c1-2-18-8-10-19(11-9-18)7-5-13-15(20)17-14-12(21-13)4-3-6-16-14/h3-4,6,13H,2,5,7-11H2,1H3,(H,16,17,20)/p+2/t13-/m1/s1. The first kappa shape index (κ1) is 14.3. The normalized spacial score (nSPS) is 28.4. The van der Waals surface area contributed by atoms with Gasteiger partial charge in [0.2, 0.25) is 0 Å². The molecule has 2 aliphatic rings. The summed E-state index contributed by atoms with van der Waals surface area (Å²) in [4.78, 5) is 19.4. The van der Waals surface area contributed by atoms with Gasteiger partial charge in [0, 0.05) is 12.6 Å². The van der Waals surface area contributed by atoms with E-state index in [1.165, 1.54) is 32.7 Å². The molecule has 1 aromatic rings. The molecule has 0 unspecified atom stereocenters. The second kappa shape index (κ2) is 6.41. The van der Waals surface area contributed by atoms with Gasteiger partial charge < -0.3 is 19.9 Å². The maximum absolute atomic E-state index is 12.0. The molecule has 0 aromatic carbocycles. The molecule has 3 N–H and O–H groups in total. The highest BCUT2D eigenvalue weighted by molar-refractivity contribution is 5.96.